The maximum atomic E-state index is 13.1. The van der Waals surface area contributed by atoms with Crippen LogP contribution in [0.15, 0.2) is 109 Å². The summed E-state index contributed by atoms with van der Waals surface area (Å²) in [6.45, 7) is 3.64. The van der Waals surface area contributed by atoms with Gasteiger partial charge in [-0.3, -0.25) is 4.79 Å². The van der Waals surface area contributed by atoms with Crippen LogP contribution in [0.5, 0.6) is 0 Å². The number of aliphatic hydroxyl groups excluding tert-OH is 5. The van der Waals surface area contributed by atoms with Crippen molar-refractivity contribution >= 4 is 5.91 Å². The molecule has 0 aromatic heterocycles. The van der Waals surface area contributed by atoms with Crippen molar-refractivity contribution in [3.8, 4) is 0 Å². The molecule has 0 aromatic rings. The van der Waals surface area contributed by atoms with E-state index in [1.54, 1.807) is 6.08 Å². The quantitative estimate of drug-likeness (QED) is 0.0261. The molecular formula is C66H113NO8. The zero-order chi connectivity index (χ0) is 54.3. The maximum Gasteiger partial charge on any atom is 0.220 e. The molecule has 0 bridgehead atoms. The average Bonchev–Trinajstić information content (AvgIpc) is 3.41. The SMILES string of the molecule is CC/C=C\C/C=C\C/C=C\C/C=C\C/C=C\C/C=C\CCCCCCC(=O)NC(COC1OC(CO)C(O)C(O)C1O)C(O)/C=C/CC/C=C/CC/C=C/CCCCCCCCCCCCCCCCCCCCC. The zero-order valence-corrected chi connectivity index (χ0v) is 47.8. The van der Waals surface area contributed by atoms with Crippen LogP contribution in [0, 0.1) is 0 Å². The molecule has 9 heteroatoms. The Kier molecular flexibility index (Phi) is 50.5. The lowest BCUT2D eigenvalue weighted by atomic mass is 9.99. The number of ether oxygens (including phenoxy) is 2. The Balaban J connectivity index is 2.27. The first-order valence-corrected chi connectivity index (χ1v) is 30.6. The molecule has 1 aliphatic heterocycles. The van der Waals surface area contributed by atoms with E-state index in [0.717, 1.165) is 96.3 Å². The molecule has 0 aromatic carbocycles. The Labute approximate surface area is 459 Å². The van der Waals surface area contributed by atoms with E-state index in [1.807, 2.05) is 6.08 Å². The third-order valence-electron chi connectivity index (χ3n) is 13.8. The van der Waals surface area contributed by atoms with Crippen LogP contribution in [0.25, 0.3) is 0 Å². The maximum absolute atomic E-state index is 13.1. The molecule has 1 aliphatic rings. The lowest BCUT2D eigenvalue weighted by Gasteiger charge is -2.40. The molecule has 7 unspecified atom stereocenters. The predicted octanol–water partition coefficient (Wildman–Crippen LogP) is 15.7. The molecule has 1 amide bonds. The second kappa shape index (κ2) is 54.2. The summed E-state index contributed by atoms with van der Waals surface area (Å²) in [7, 11) is 0. The van der Waals surface area contributed by atoms with E-state index >= 15 is 0 Å². The smallest absolute Gasteiger partial charge is 0.220 e. The number of hydrogen-bond acceptors (Lipinski definition) is 8. The molecule has 1 saturated heterocycles. The highest BCUT2D eigenvalue weighted by Crippen LogP contribution is 2.23. The molecule has 7 atom stereocenters. The van der Waals surface area contributed by atoms with Crippen molar-refractivity contribution in [1.82, 2.24) is 5.32 Å². The summed E-state index contributed by atoms with van der Waals surface area (Å²) in [4.78, 5) is 13.1. The van der Waals surface area contributed by atoms with Crippen molar-refractivity contribution in [3.63, 3.8) is 0 Å². The van der Waals surface area contributed by atoms with Crippen molar-refractivity contribution in [2.75, 3.05) is 13.2 Å². The number of carbonyl (C=O) groups excluding carboxylic acids is 1. The number of aliphatic hydroxyl groups is 5. The largest absolute Gasteiger partial charge is 0.394 e. The minimum absolute atomic E-state index is 0.218. The molecule has 75 heavy (non-hydrogen) atoms. The van der Waals surface area contributed by atoms with E-state index in [9.17, 15) is 30.3 Å². The van der Waals surface area contributed by atoms with E-state index in [4.69, 9.17) is 9.47 Å². The fourth-order valence-electron chi connectivity index (χ4n) is 9.02. The van der Waals surface area contributed by atoms with Crippen molar-refractivity contribution in [2.45, 2.75) is 288 Å². The van der Waals surface area contributed by atoms with Gasteiger partial charge < -0.3 is 40.3 Å². The van der Waals surface area contributed by atoms with E-state index in [2.05, 4.69) is 116 Å². The van der Waals surface area contributed by atoms with Gasteiger partial charge in [0, 0.05) is 6.42 Å². The molecule has 0 radical (unpaired) electrons. The van der Waals surface area contributed by atoms with Crippen LogP contribution in [0.4, 0.5) is 0 Å². The van der Waals surface area contributed by atoms with Gasteiger partial charge in [0.25, 0.3) is 0 Å². The standard InChI is InChI=1S/C66H113NO8/c1-3-5-7-9-11-13-15-17-19-21-23-25-27-28-29-30-31-32-34-35-37-39-41-43-45-47-49-51-53-55-60(69)59(58-74-66-65(73)64(72)63(71)61(57-68)75-66)67-62(70)56-54-52-50-48-46-44-42-40-38-36-33-26-24-22-20-18-16-14-12-10-8-6-4-2/h6,8,12,14,18,20,24,26,36-39,42,44-45,47,53,55,59-61,63-66,68-69,71-73H,3-5,7,9-11,13,15-17,19,21-23,25,27-35,40-41,43,46,48-52,54,56-58H2,1-2H3,(H,67,70)/b8-6-,14-12-,20-18-,26-24-,38-36-,39-37+,44-42-,47-45+,55-53+. The summed E-state index contributed by atoms with van der Waals surface area (Å²) >= 11 is 0. The van der Waals surface area contributed by atoms with Crippen molar-refractivity contribution < 1.29 is 39.8 Å². The highest BCUT2D eigenvalue weighted by Gasteiger charge is 2.44. The fraction of sp³-hybridized carbons (Fsp3) is 0.712. The molecule has 6 N–H and O–H groups in total. The highest BCUT2D eigenvalue weighted by molar-refractivity contribution is 5.76. The summed E-state index contributed by atoms with van der Waals surface area (Å²) in [5.41, 5.74) is 0. The van der Waals surface area contributed by atoms with E-state index in [0.29, 0.717) is 12.8 Å². The Morgan fingerprint density at radius 2 is 0.840 bits per heavy atom. The number of amides is 1. The van der Waals surface area contributed by atoms with Gasteiger partial charge in [0.15, 0.2) is 6.29 Å². The molecular weight excluding hydrogens is 935 g/mol. The van der Waals surface area contributed by atoms with Gasteiger partial charge in [-0.1, -0.05) is 252 Å². The summed E-state index contributed by atoms with van der Waals surface area (Å²) in [6, 6.07) is -0.852. The minimum atomic E-state index is -1.59. The Hall–Kier alpha value is -3.15. The van der Waals surface area contributed by atoms with Crippen molar-refractivity contribution in [2.24, 2.45) is 0 Å². The first-order valence-electron chi connectivity index (χ1n) is 30.6. The molecule has 0 aliphatic carbocycles. The number of allylic oxidation sites excluding steroid dienone is 17. The topological polar surface area (TPSA) is 149 Å². The van der Waals surface area contributed by atoms with Crippen LogP contribution in [-0.4, -0.2) is 87.5 Å². The van der Waals surface area contributed by atoms with Crippen LogP contribution in [0.1, 0.15) is 245 Å². The van der Waals surface area contributed by atoms with Crippen LogP contribution in [-0.2, 0) is 14.3 Å². The van der Waals surface area contributed by atoms with E-state index in [1.165, 1.54) is 122 Å². The third kappa shape index (κ3) is 43.5. The summed E-state index contributed by atoms with van der Waals surface area (Å²) in [6.07, 6.45) is 73.1. The number of nitrogens with one attached hydrogen (secondary N) is 1. The van der Waals surface area contributed by atoms with Gasteiger partial charge in [-0.25, -0.2) is 0 Å². The van der Waals surface area contributed by atoms with Gasteiger partial charge in [-0.2, -0.15) is 0 Å². The number of carbonyl (C=O) groups is 1. The van der Waals surface area contributed by atoms with Gasteiger partial charge in [0.2, 0.25) is 5.91 Å². The molecule has 1 fully saturated rings. The normalized spacial score (nSPS) is 19.7. The molecule has 1 heterocycles. The Morgan fingerprint density at radius 1 is 0.467 bits per heavy atom. The van der Waals surface area contributed by atoms with Gasteiger partial charge in [-0.05, 0) is 96.3 Å². The van der Waals surface area contributed by atoms with E-state index in [-0.39, 0.29) is 12.5 Å². The average molecular weight is 1050 g/mol. The lowest BCUT2D eigenvalue weighted by Crippen LogP contribution is -2.60. The second-order valence-corrected chi connectivity index (χ2v) is 20.7. The number of unbranched alkanes of at least 4 members (excludes halogenated alkanes) is 25. The number of rotatable bonds is 51. The molecule has 0 spiro atoms. The van der Waals surface area contributed by atoms with Crippen molar-refractivity contribution in [1.29, 1.82) is 0 Å². The van der Waals surface area contributed by atoms with Gasteiger partial charge in [-0.15, -0.1) is 0 Å². The van der Waals surface area contributed by atoms with E-state index < -0.39 is 49.5 Å². The monoisotopic (exact) mass is 1050 g/mol. The molecule has 9 nitrogen and oxygen atoms in total. The van der Waals surface area contributed by atoms with Gasteiger partial charge in [0.1, 0.15) is 24.4 Å². The van der Waals surface area contributed by atoms with Crippen molar-refractivity contribution in [3.05, 3.63) is 109 Å². The second-order valence-electron chi connectivity index (χ2n) is 20.7. The predicted molar refractivity (Wildman–Crippen MR) is 317 cm³/mol. The summed E-state index contributed by atoms with van der Waals surface area (Å²) < 4.78 is 11.3. The van der Waals surface area contributed by atoms with Crippen LogP contribution in [0.3, 0.4) is 0 Å². The van der Waals surface area contributed by atoms with Crippen LogP contribution < -0.4 is 5.32 Å². The van der Waals surface area contributed by atoms with Crippen LogP contribution >= 0.6 is 0 Å². The Morgan fingerprint density at radius 3 is 1.28 bits per heavy atom. The molecule has 430 valence electrons. The Bertz CT molecular complexity index is 1540. The van der Waals surface area contributed by atoms with Crippen LogP contribution in [0.2, 0.25) is 0 Å². The first kappa shape index (κ1) is 69.9. The van der Waals surface area contributed by atoms with Gasteiger partial charge >= 0.3 is 0 Å². The van der Waals surface area contributed by atoms with Gasteiger partial charge in [0.05, 0.1) is 25.4 Å². The highest BCUT2D eigenvalue weighted by atomic mass is 16.7. The zero-order valence-electron chi connectivity index (χ0n) is 47.8. The summed E-state index contributed by atoms with van der Waals surface area (Å²) in [5, 5.41) is 54.5. The third-order valence-corrected chi connectivity index (χ3v) is 13.8. The number of hydrogen-bond donors (Lipinski definition) is 6. The lowest BCUT2D eigenvalue weighted by molar-refractivity contribution is -0.302. The molecule has 0 saturated carbocycles. The summed E-state index contributed by atoms with van der Waals surface area (Å²) in [5.74, 6) is -0.218. The first-order chi connectivity index (χ1) is 36.8. The minimum Gasteiger partial charge on any atom is -0.394 e. The molecule has 1 rings (SSSR count). The fourth-order valence-corrected chi connectivity index (χ4v) is 9.02.